The van der Waals surface area contributed by atoms with Gasteiger partial charge in [-0.2, -0.15) is 5.10 Å². The second kappa shape index (κ2) is 16.3. The number of hydrogen-bond donors (Lipinski definition) is 2. The Bertz CT molecular complexity index is 1650. The predicted octanol–water partition coefficient (Wildman–Crippen LogP) is 7.30. The molecule has 0 spiro atoms. The maximum Gasteiger partial charge on any atom is 0.262 e. The lowest BCUT2D eigenvalue weighted by Crippen LogP contribution is -2.50. The van der Waals surface area contributed by atoms with Crippen LogP contribution >= 0.6 is 39.1 Å². The van der Waals surface area contributed by atoms with Crippen molar-refractivity contribution in [2.75, 3.05) is 7.11 Å². The van der Waals surface area contributed by atoms with E-state index >= 15 is 0 Å². The molecular weight excluding hydrogens is 681 g/mol. The summed E-state index contributed by atoms with van der Waals surface area (Å²) in [5.41, 5.74) is 6.23. The van der Waals surface area contributed by atoms with E-state index in [0.29, 0.717) is 38.9 Å². The third-order valence-electron chi connectivity index (χ3n) is 6.63. The summed E-state index contributed by atoms with van der Waals surface area (Å²) in [7, 11) is 1.55. The number of hydrogen-bond acceptors (Lipinski definition) is 6. The van der Waals surface area contributed by atoms with Gasteiger partial charge in [0.25, 0.3) is 11.8 Å². The zero-order chi connectivity index (χ0) is 32.3. The van der Waals surface area contributed by atoms with Gasteiger partial charge in [0, 0.05) is 11.4 Å². The molecule has 0 heterocycles. The van der Waals surface area contributed by atoms with Crippen molar-refractivity contribution in [1.82, 2.24) is 10.7 Å². The molecule has 4 aromatic carbocycles. The molecule has 0 aliphatic rings. The van der Waals surface area contributed by atoms with Crippen molar-refractivity contribution in [3.8, 4) is 17.2 Å². The molecule has 0 fully saturated rings. The topological polar surface area (TPSA) is 98.2 Å². The average Bonchev–Trinajstić information content (AvgIpc) is 3.02. The van der Waals surface area contributed by atoms with Crippen LogP contribution < -0.4 is 25.0 Å². The lowest BCUT2D eigenvalue weighted by atomic mass is 10.1. The van der Waals surface area contributed by atoms with Crippen LogP contribution in [0.3, 0.4) is 0 Å². The Hall–Kier alpha value is -4.05. The van der Waals surface area contributed by atoms with Crippen molar-refractivity contribution in [2.45, 2.75) is 39.0 Å². The van der Waals surface area contributed by atoms with E-state index in [0.717, 1.165) is 11.1 Å². The highest BCUT2D eigenvalue weighted by atomic mass is 79.9. The van der Waals surface area contributed by atoms with Gasteiger partial charge in [0.15, 0.2) is 17.6 Å². The minimum Gasteiger partial charge on any atom is -0.493 e. The second-order valence-corrected chi connectivity index (χ2v) is 11.8. The zero-order valence-electron chi connectivity index (χ0n) is 24.9. The Morgan fingerprint density at radius 3 is 2.36 bits per heavy atom. The Balaban J connectivity index is 1.43. The molecule has 0 radical (unpaired) electrons. The van der Waals surface area contributed by atoms with E-state index in [1.807, 2.05) is 61.5 Å². The van der Waals surface area contributed by atoms with Gasteiger partial charge in [-0.1, -0.05) is 83.4 Å². The average molecular weight is 713 g/mol. The third kappa shape index (κ3) is 9.97. The van der Waals surface area contributed by atoms with Gasteiger partial charge in [-0.25, -0.2) is 5.43 Å². The Morgan fingerprint density at radius 2 is 1.67 bits per heavy atom. The first-order valence-electron chi connectivity index (χ1n) is 14.0. The standard InChI is InChI=1S/C34H32BrCl2N3O5/c1-21-9-11-24(12-10-21)20-44-32-27(35)15-25(17-31(32)43-3)19-38-40-34(42)29(16-23-7-5-4-6-8-23)39-33(41)22(2)45-30-14-13-26(36)18-28(30)37/h4-15,17-19,22,29H,16,20H2,1-3H3,(H,39,41)(H,40,42)/b38-19-/t22-,29+/m0/s1. The second-order valence-electron chi connectivity index (χ2n) is 10.1. The minimum atomic E-state index is -0.949. The van der Waals surface area contributed by atoms with Crippen LogP contribution in [0, 0.1) is 6.92 Å². The minimum absolute atomic E-state index is 0.231. The van der Waals surface area contributed by atoms with Gasteiger partial charge in [0.1, 0.15) is 18.4 Å². The van der Waals surface area contributed by atoms with Gasteiger partial charge in [0.2, 0.25) is 0 Å². The number of rotatable bonds is 13. The van der Waals surface area contributed by atoms with Gasteiger partial charge >= 0.3 is 0 Å². The van der Waals surface area contributed by atoms with Gasteiger partial charge in [-0.15, -0.1) is 0 Å². The quantitative estimate of drug-likeness (QED) is 0.112. The smallest absolute Gasteiger partial charge is 0.262 e. The zero-order valence-corrected chi connectivity index (χ0v) is 27.9. The summed E-state index contributed by atoms with van der Waals surface area (Å²) in [5, 5.41) is 7.61. The number of carbonyl (C=O) groups excluding carboxylic acids is 2. The molecular formula is C34H32BrCl2N3O5. The molecule has 234 valence electrons. The summed E-state index contributed by atoms with van der Waals surface area (Å²) >= 11 is 15.7. The van der Waals surface area contributed by atoms with E-state index in [4.69, 9.17) is 37.4 Å². The van der Waals surface area contributed by atoms with Crippen molar-refractivity contribution in [1.29, 1.82) is 0 Å². The highest BCUT2D eigenvalue weighted by Crippen LogP contribution is 2.37. The molecule has 0 saturated heterocycles. The molecule has 2 amide bonds. The van der Waals surface area contributed by atoms with Gasteiger partial charge < -0.3 is 19.5 Å². The van der Waals surface area contributed by atoms with Crippen LogP contribution in [-0.2, 0) is 22.6 Å². The number of aryl methyl sites for hydroxylation is 1. The van der Waals surface area contributed by atoms with Crippen molar-refractivity contribution in [3.63, 3.8) is 0 Å². The lowest BCUT2D eigenvalue weighted by molar-refractivity contribution is -0.132. The van der Waals surface area contributed by atoms with Crippen molar-refractivity contribution in [3.05, 3.63) is 122 Å². The Labute approximate surface area is 280 Å². The van der Waals surface area contributed by atoms with Gasteiger partial charge in [-0.05, 0) is 76.8 Å². The number of ether oxygens (including phenoxy) is 3. The Morgan fingerprint density at radius 1 is 0.933 bits per heavy atom. The van der Waals surface area contributed by atoms with Crippen molar-refractivity contribution in [2.24, 2.45) is 5.10 Å². The number of nitrogens with zero attached hydrogens (tertiary/aromatic N) is 1. The number of nitrogens with one attached hydrogen (secondary N) is 2. The fourth-order valence-electron chi connectivity index (χ4n) is 4.21. The highest BCUT2D eigenvalue weighted by molar-refractivity contribution is 9.10. The summed E-state index contributed by atoms with van der Waals surface area (Å²) in [6.45, 7) is 3.96. The number of halogens is 3. The van der Waals surface area contributed by atoms with Gasteiger partial charge in [0.05, 0.1) is 22.8 Å². The summed E-state index contributed by atoms with van der Waals surface area (Å²) in [6.07, 6.45) is 0.758. The number of amides is 2. The molecule has 0 aromatic heterocycles. The molecule has 8 nitrogen and oxygen atoms in total. The van der Waals surface area contributed by atoms with Crippen LogP contribution in [0.25, 0.3) is 0 Å². The number of carbonyl (C=O) groups is 2. The molecule has 0 aliphatic heterocycles. The van der Waals surface area contributed by atoms with Crippen LogP contribution in [-0.4, -0.2) is 37.3 Å². The van der Waals surface area contributed by atoms with Crippen LogP contribution in [0.4, 0.5) is 0 Å². The monoisotopic (exact) mass is 711 g/mol. The van der Waals surface area contributed by atoms with E-state index < -0.39 is 24.0 Å². The maximum absolute atomic E-state index is 13.3. The molecule has 0 bridgehead atoms. The first-order valence-corrected chi connectivity index (χ1v) is 15.5. The molecule has 4 aromatic rings. The number of hydrazone groups is 1. The predicted molar refractivity (Wildman–Crippen MR) is 181 cm³/mol. The largest absolute Gasteiger partial charge is 0.493 e. The summed E-state index contributed by atoms with van der Waals surface area (Å²) < 4.78 is 18.0. The SMILES string of the molecule is COc1cc(/C=N\NC(=O)[C@@H](Cc2ccccc2)NC(=O)[C@H](C)Oc2ccc(Cl)cc2Cl)cc(Br)c1OCc1ccc(C)cc1. The fraction of sp³-hybridized carbons (Fsp3) is 0.206. The van der Waals surface area contributed by atoms with Crippen LogP contribution in [0.1, 0.15) is 29.2 Å². The number of methoxy groups -OCH3 is 1. The molecule has 0 unspecified atom stereocenters. The van der Waals surface area contributed by atoms with E-state index in [1.54, 1.807) is 38.3 Å². The molecule has 0 aliphatic carbocycles. The molecule has 2 atom stereocenters. The van der Waals surface area contributed by atoms with Crippen LogP contribution in [0.15, 0.2) is 94.5 Å². The van der Waals surface area contributed by atoms with E-state index in [2.05, 4.69) is 31.8 Å². The lowest BCUT2D eigenvalue weighted by Gasteiger charge is -2.21. The van der Waals surface area contributed by atoms with Gasteiger partial charge in [-0.3, -0.25) is 9.59 Å². The molecule has 45 heavy (non-hydrogen) atoms. The van der Waals surface area contributed by atoms with Crippen molar-refractivity contribution < 1.29 is 23.8 Å². The molecule has 11 heteroatoms. The summed E-state index contributed by atoms with van der Waals surface area (Å²) in [5.74, 6) is 0.320. The van der Waals surface area contributed by atoms with E-state index in [9.17, 15) is 9.59 Å². The Kier molecular flexibility index (Phi) is 12.3. The normalized spacial score (nSPS) is 12.3. The van der Waals surface area contributed by atoms with Crippen LogP contribution in [0.2, 0.25) is 10.0 Å². The summed E-state index contributed by atoms with van der Waals surface area (Å²) in [4.78, 5) is 26.3. The molecule has 0 saturated carbocycles. The fourth-order valence-corrected chi connectivity index (χ4v) is 5.23. The molecule has 2 N–H and O–H groups in total. The van der Waals surface area contributed by atoms with Crippen molar-refractivity contribution >= 4 is 57.2 Å². The number of benzene rings is 4. The van der Waals surface area contributed by atoms with E-state index in [1.165, 1.54) is 17.8 Å². The first-order chi connectivity index (χ1) is 21.6. The van der Waals surface area contributed by atoms with E-state index in [-0.39, 0.29) is 11.4 Å². The third-order valence-corrected chi connectivity index (χ3v) is 7.75. The molecule has 4 rings (SSSR count). The van der Waals surface area contributed by atoms with Crippen LogP contribution in [0.5, 0.6) is 17.2 Å². The first kappa shape index (κ1) is 33.8. The maximum atomic E-state index is 13.3. The highest BCUT2D eigenvalue weighted by Gasteiger charge is 2.25. The summed E-state index contributed by atoms with van der Waals surface area (Å²) in [6, 6.07) is 24.7.